The van der Waals surface area contributed by atoms with Crippen molar-refractivity contribution in [2.24, 2.45) is 0 Å². The molecule has 5 heteroatoms. The van der Waals surface area contributed by atoms with E-state index >= 15 is 0 Å². The number of hydrogen-bond donors (Lipinski definition) is 1. The molecule has 0 saturated carbocycles. The predicted molar refractivity (Wildman–Crippen MR) is 67.0 cm³/mol. The first-order chi connectivity index (χ1) is 8.52. The fourth-order valence-electron chi connectivity index (χ4n) is 1.93. The van der Waals surface area contributed by atoms with Crippen molar-refractivity contribution in [2.45, 2.75) is 19.9 Å². The number of aromatic nitrogens is 1. The fourth-order valence-corrected chi connectivity index (χ4v) is 1.93. The molecule has 1 N–H and O–H groups in total. The number of aliphatic hydroxyl groups excluding tert-OH is 1. The Hall–Kier alpha value is -1.88. The molecule has 0 spiro atoms. The number of aryl methyl sites for hydroxylation is 1. The predicted octanol–water partition coefficient (Wildman–Crippen LogP) is 1.65. The molecule has 1 aromatic carbocycles. The third kappa shape index (κ3) is 2.22. The van der Waals surface area contributed by atoms with E-state index in [1.54, 1.807) is 14.0 Å². The normalized spacial score (nSPS) is 12.7. The minimum Gasteiger partial charge on any atom is -0.441 e. The summed E-state index contributed by atoms with van der Waals surface area (Å²) in [6.45, 7) is 3.12. The molecule has 0 bridgehead atoms. The molecule has 0 aliphatic heterocycles. The summed E-state index contributed by atoms with van der Waals surface area (Å²) in [5.74, 6) is 0.505. The Morgan fingerprint density at radius 1 is 1.56 bits per heavy atom. The summed E-state index contributed by atoms with van der Waals surface area (Å²) < 4.78 is 5.45. The van der Waals surface area contributed by atoms with Crippen molar-refractivity contribution in [3.05, 3.63) is 29.7 Å². The fraction of sp³-hybridized carbons (Fsp3) is 0.385. The Bertz CT molecular complexity index is 577. The van der Waals surface area contributed by atoms with Crippen LogP contribution >= 0.6 is 0 Å². The molecule has 2 rings (SSSR count). The minimum atomic E-state index is -0.364. The number of likely N-dealkylation sites (N-methyl/N-ethyl adjacent to an activating group) is 1. The number of hydrogen-bond acceptors (Lipinski definition) is 4. The zero-order valence-corrected chi connectivity index (χ0v) is 10.7. The summed E-state index contributed by atoms with van der Waals surface area (Å²) in [6.07, 6.45) is 0. The summed E-state index contributed by atoms with van der Waals surface area (Å²) in [5.41, 5.74) is 2.28. The zero-order chi connectivity index (χ0) is 13.3. The Morgan fingerprint density at radius 2 is 2.28 bits per heavy atom. The van der Waals surface area contributed by atoms with E-state index < -0.39 is 0 Å². The highest BCUT2D eigenvalue weighted by molar-refractivity contribution is 5.75. The average Bonchev–Trinajstić information content (AvgIpc) is 2.69. The molecular weight excluding hydrogens is 232 g/mol. The van der Waals surface area contributed by atoms with Crippen molar-refractivity contribution in [3.63, 3.8) is 0 Å². The van der Waals surface area contributed by atoms with Gasteiger partial charge in [-0.3, -0.25) is 4.79 Å². The first-order valence-electron chi connectivity index (χ1n) is 5.74. The lowest BCUT2D eigenvalue weighted by Crippen LogP contribution is -2.31. The lowest BCUT2D eigenvalue weighted by Gasteiger charge is -2.25. The third-order valence-electron chi connectivity index (χ3n) is 3.04. The van der Waals surface area contributed by atoms with Gasteiger partial charge in [-0.25, -0.2) is 4.98 Å². The van der Waals surface area contributed by atoms with Gasteiger partial charge in [0, 0.05) is 20.9 Å². The maximum absolute atomic E-state index is 11.4. The van der Waals surface area contributed by atoms with Crippen LogP contribution in [0.25, 0.3) is 11.1 Å². The quantitative estimate of drug-likeness (QED) is 0.896. The monoisotopic (exact) mass is 248 g/mol. The topological polar surface area (TPSA) is 66.6 Å². The minimum absolute atomic E-state index is 0.0945. The molecule has 0 aliphatic carbocycles. The number of aliphatic hydroxyl groups is 1. The van der Waals surface area contributed by atoms with E-state index in [1.807, 2.05) is 18.2 Å². The van der Waals surface area contributed by atoms with Gasteiger partial charge < -0.3 is 14.4 Å². The number of carbonyl (C=O) groups is 1. The maximum Gasteiger partial charge on any atom is 0.219 e. The molecule has 0 fully saturated rings. The second kappa shape index (κ2) is 4.78. The van der Waals surface area contributed by atoms with Gasteiger partial charge >= 0.3 is 0 Å². The smallest absolute Gasteiger partial charge is 0.219 e. The van der Waals surface area contributed by atoms with Crippen LogP contribution in [0.15, 0.2) is 22.6 Å². The van der Waals surface area contributed by atoms with E-state index in [9.17, 15) is 9.90 Å². The molecular formula is C13H16N2O3. The van der Waals surface area contributed by atoms with E-state index in [4.69, 9.17) is 4.42 Å². The number of carbonyl (C=O) groups excluding carboxylic acids is 1. The molecule has 5 nitrogen and oxygen atoms in total. The Labute approximate surface area is 105 Å². The van der Waals surface area contributed by atoms with Crippen LogP contribution in [-0.2, 0) is 4.79 Å². The van der Waals surface area contributed by atoms with E-state index in [2.05, 4.69) is 4.98 Å². The summed E-state index contributed by atoms with van der Waals surface area (Å²) in [4.78, 5) is 17.1. The lowest BCUT2D eigenvalue weighted by molar-refractivity contribution is -0.130. The maximum atomic E-state index is 11.4. The van der Waals surface area contributed by atoms with Gasteiger partial charge in [-0.15, -0.1) is 0 Å². The van der Waals surface area contributed by atoms with E-state index in [-0.39, 0.29) is 18.6 Å². The van der Waals surface area contributed by atoms with Gasteiger partial charge in [-0.05, 0) is 17.7 Å². The van der Waals surface area contributed by atoms with E-state index in [1.165, 1.54) is 11.8 Å². The van der Waals surface area contributed by atoms with Gasteiger partial charge in [0.1, 0.15) is 5.52 Å². The van der Waals surface area contributed by atoms with Crippen LogP contribution in [0.4, 0.5) is 0 Å². The molecule has 96 valence electrons. The van der Waals surface area contributed by atoms with Gasteiger partial charge in [0.05, 0.1) is 12.6 Å². The average molecular weight is 248 g/mol. The number of oxazole rings is 1. The Kier molecular flexibility index (Phi) is 3.34. The highest BCUT2D eigenvalue weighted by Gasteiger charge is 2.19. The van der Waals surface area contributed by atoms with Crippen LogP contribution in [0.3, 0.4) is 0 Å². The largest absolute Gasteiger partial charge is 0.441 e. The molecule has 1 aromatic heterocycles. The van der Waals surface area contributed by atoms with Crippen LogP contribution in [0.2, 0.25) is 0 Å². The van der Waals surface area contributed by atoms with Gasteiger partial charge in [0.25, 0.3) is 0 Å². The molecule has 18 heavy (non-hydrogen) atoms. The number of fused-ring (bicyclic) bond motifs is 1. The molecule has 2 aromatic rings. The second-order valence-electron chi connectivity index (χ2n) is 4.29. The molecule has 0 radical (unpaired) electrons. The van der Waals surface area contributed by atoms with Crippen molar-refractivity contribution in [1.82, 2.24) is 9.88 Å². The van der Waals surface area contributed by atoms with Crippen molar-refractivity contribution < 1.29 is 14.3 Å². The first-order valence-corrected chi connectivity index (χ1v) is 5.74. The number of benzene rings is 1. The SMILES string of the molecule is CC(=O)N(C)C(CO)c1ccc2nc(C)oc2c1. The highest BCUT2D eigenvalue weighted by atomic mass is 16.3. The van der Waals surface area contributed by atoms with Crippen molar-refractivity contribution in [3.8, 4) is 0 Å². The standard InChI is InChI=1S/C13H16N2O3/c1-8-14-11-5-4-10(6-13(11)18-8)12(7-16)15(3)9(2)17/h4-6,12,16H,7H2,1-3H3. The van der Waals surface area contributed by atoms with Gasteiger partial charge in [0.15, 0.2) is 11.5 Å². The van der Waals surface area contributed by atoms with Crippen molar-refractivity contribution in [1.29, 1.82) is 0 Å². The summed E-state index contributed by atoms with van der Waals surface area (Å²) >= 11 is 0. The van der Waals surface area contributed by atoms with Crippen LogP contribution in [0.5, 0.6) is 0 Å². The summed E-state index contributed by atoms with van der Waals surface area (Å²) in [6, 6.07) is 5.13. The Balaban J connectivity index is 2.41. The second-order valence-corrected chi connectivity index (χ2v) is 4.29. The van der Waals surface area contributed by atoms with Crippen LogP contribution in [0, 0.1) is 6.92 Å². The van der Waals surface area contributed by atoms with Crippen molar-refractivity contribution in [2.75, 3.05) is 13.7 Å². The van der Waals surface area contributed by atoms with E-state index in [0.717, 1.165) is 11.1 Å². The molecule has 1 unspecified atom stereocenters. The lowest BCUT2D eigenvalue weighted by atomic mass is 10.1. The molecule has 0 aliphatic rings. The molecule has 1 heterocycles. The van der Waals surface area contributed by atoms with Gasteiger partial charge in [-0.1, -0.05) is 6.07 Å². The van der Waals surface area contributed by atoms with Crippen molar-refractivity contribution >= 4 is 17.0 Å². The molecule has 1 amide bonds. The highest BCUT2D eigenvalue weighted by Crippen LogP contribution is 2.24. The van der Waals surface area contributed by atoms with Gasteiger partial charge in [-0.2, -0.15) is 0 Å². The van der Waals surface area contributed by atoms with Crippen LogP contribution in [0.1, 0.15) is 24.4 Å². The van der Waals surface area contributed by atoms with Gasteiger partial charge in [0.2, 0.25) is 5.91 Å². The molecule has 0 saturated heterocycles. The molecule has 1 atom stereocenters. The first kappa shape index (κ1) is 12.6. The number of amides is 1. The summed E-state index contributed by atoms with van der Waals surface area (Å²) in [7, 11) is 1.67. The number of rotatable bonds is 3. The van der Waals surface area contributed by atoms with E-state index in [0.29, 0.717) is 11.5 Å². The van der Waals surface area contributed by atoms with Crippen LogP contribution in [-0.4, -0.2) is 34.6 Å². The number of nitrogens with zero attached hydrogens (tertiary/aromatic N) is 2. The summed E-state index contributed by atoms with van der Waals surface area (Å²) in [5, 5.41) is 9.44. The Morgan fingerprint density at radius 3 is 2.89 bits per heavy atom. The third-order valence-corrected chi connectivity index (χ3v) is 3.04. The van der Waals surface area contributed by atoms with Crippen LogP contribution < -0.4 is 0 Å². The zero-order valence-electron chi connectivity index (χ0n) is 10.7.